The lowest BCUT2D eigenvalue weighted by Crippen LogP contribution is -2.18. The number of hydrogen-bond acceptors (Lipinski definition) is 2. The van der Waals surface area contributed by atoms with Gasteiger partial charge in [-0.05, 0) is 32.1 Å². The number of ether oxygens (including phenoxy) is 1. The summed E-state index contributed by atoms with van der Waals surface area (Å²) < 4.78 is 6.11. The highest BCUT2D eigenvalue weighted by Crippen LogP contribution is 2.20. The van der Waals surface area contributed by atoms with Crippen molar-refractivity contribution < 1.29 is 9.53 Å². The van der Waals surface area contributed by atoms with Crippen LogP contribution in [-0.2, 0) is 9.53 Å². The first-order valence-corrected chi connectivity index (χ1v) is 22.9. The predicted molar refractivity (Wildman–Crippen MR) is 216 cm³/mol. The lowest BCUT2D eigenvalue weighted by molar-refractivity contribution is -0.150. The summed E-state index contributed by atoms with van der Waals surface area (Å²) in [6.45, 7) is 6.89. The van der Waals surface area contributed by atoms with Gasteiger partial charge in [0.15, 0.2) is 0 Å². The molecule has 0 saturated carbocycles. The zero-order valence-electron chi connectivity index (χ0n) is 33.9. The lowest BCUT2D eigenvalue weighted by Gasteiger charge is -2.18. The molecule has 0 saturated heterocycles. The van der Waals surface area contributed by atoms with Gasteiger partial charge < -0.3 is 4.74 Å². The van der Waals surface area contributed by atoms with Crippen molar-refractivity contribution in [2.45, 2.75) is 290 Å². The van der Waals surface area contributed by atoms with Crippen molar-refractivity contribution in [1.29, 1.82) is 0 Å². The second kappa shape index (κ2) is 42.6. The van der Waals surface area contributed by atoms with Gasteiger partial charge in [0.2, 0.25) is 0 Å². The van der Waals surface area contributed by atoms with E-state index in [0.29, 0.717) is 6.42 Å². The molecule has 0 rings (SSSR count). The third-order valence-corrected chi connectivity index (χ3v) is 10.8. The van der Waals surface area contributed by atoms with E-state index in [1.165, 1.54) is 238 Å². The molecule has 0 bridgehead atoms. The number of carbonyl (C=O) groups is 1. The molecule has 288 valence electrons. The van der Waals surface area contributed by atoms with E-state index in [2.05, 4.69) is 20.8 Å². The lowest BCUT2D eigenvalue weighted by atomic mass is 10.0. The Balaban J connectivity index is 3.94. The van der Waals surface area contributed by atoms with E-state index in [4.69, 9.17) is 4.74 Å². The van der Waals surface area contributed by atoms with Crippen LogP contribution >= 0.6 is 0 Å². The van der Waals surface area contributed by atoms with Gasteiger partial charge in [-0.25, -0.2) is 0 Å². The molecule has 0 aromatic rings. The standard InChI is InChI=1S/C46H92O2/c1-4-7-10-13-16-19-21-23-25-27-29-31-34-37-40-43-45(42-39-36-33-18-15-12-9-6-3)48-46(47)44-41-38-35-32-30-28-26-24-22-20-17-14-11-8-5-2/h45H,4-44H2,1-3H3. The van der Waals surface area contributed by atoms with Crippen LogP contribution in [0.1, 0.15) is 284 Å². The zero-order chi connectivity index (χ0) is 34.9. The summed E-state index contributed by atoms with van der Waals surface area (Å²) >= 11 is 0. The summed E-state index contributed by atoms with van der Waals surface area (Å²) in [7, 11) is 0. The second-order valence-electron chi connectivity index (χ2n) is 15.8. The molecule has 0 aromatic carbocycles. The number of unbranched alkanes of at least 4 members (excludes halogenated alkanes) is 35. The van der Waals surface area contributed by atoms with Crippen LogP contribution in [0.4, 0.5) is 0 Å². The fourth-order valence-electron chi connectivity index (χ4n) is 7.40. The normalized spacial score (nSPS) is 12.1. The van der Waals surface area contributed by atoms with Crippen LogP contribution < -0.4 is 0 Å². The van der Waals surface area contributed by atoms with Crippen molar-refractivity contribution in [2.24, 2.45) is 0 Å². The maximum Gasteiger partial charge on any atom is 0.306 e. The molecule has 2 heteroatoms. The van der Waals surface area contributed by atoms with Crippen molar-refractivity contribution in [3.8, 4) is 0 Å². The fraction of sp³-hybridized carbons (Fsp3) is 0.978. The van der Waals surface area contributed by atoms with E-state index in [9.17, 15) is 4.79 Å². The van der Waals surface area contributed by atoms with E-state index >= 15 is 0 Å². The van der Waals surface area contributed by atoms with Crippen LogP contribution in [0.2, 0.25) is 0 Å². The van der Waals surface area contributed by atoms with Gasteiger partial charge in [-0.15, -0.1) is 0 Å². The molecule has 0 aromatic heterocycles. The molecule has 1 unspecified atom stereocenters. The molecule has 1 atom stereocenters. The van der Waals surface area contributed by atoms with Crippen LogP contribution in [0.3, 0.4) is 0 Å². The molecule has 0 aliphatic rings. The highest BCUT2D eigenvalue weighted by molar-refractivity contribution is 5.69. The second-order valence-corrected chi connectivity index (χ2v) is 15.8. The van der Waals surface area contributed by atoms with Crippen molar-refractivity contribution >= 4 is 5.97 Å². The van der Waals surface area contributed by atoms with Crippen LogP contribution in [0.5, 0.6) is 0 Å². The van der Waals surface area contributed by atoms with Crippen LogP contribution in [0, 0.1) is 0 Å². The highest BCUT2D eigenvalue weighted by Gasteiger charge is 2.14. The predicted octanol–water partition coefficient (Wildman–Crippen LogP) is 17.0. The molecule has 0 aliphatic heterocycles. The molecular weight excluding hydrogens is 585 g/mol. The number of hydrogen-bond donors (Lipinski definition) is 0. The number of esters is 1. The Bertz CT molecular complexity index is 587. The minimum absolute atomic E-state index is 0.0789. The van der Waals surface area contributed by atoms with Gasteiger partial charge in [0.25, 0.3) is 0 Å². The maximum atomic E-state index is 12.8. The van der Waals surface area contributed by atoms with Crippen LogP contribution in [0.25, 0.3) is 0 Å². The summed E-state index contributed by atoms with van der Waals surface area (Å²) in [5.41, 5.74) is 0. The van der Waals surface area contributed by atoms with Crippen molar-refractivity contribution in [2.75, 3.05) is 0 Å². The molecule has 0 amide bonds. The highest BCUT2D eigenvalue weighted by atomic mass is 16.5. The summed E-state index contributed by atoms with van der Waals surface area (Å²) in [5, 5.41) is 0. The first-order chi connectivity index (χ1) is 23.7. The summed E-state index contributed by atoms with van der Waals surface area (Å²) in [5.74, 6) is 0.0789. The van der Waals surface area contributed by atoms with Gasteiger partial charge in [-0.1, -0.05) is 245 Å². The molecule has 2 nitrogen and oxygen atoms in total. The van der Waals surface area contributed by atoms with E-state index < -0.39 is 0 Å². The topological polar surface area (TPSA) is 26.3 Å². The summed E-state index contributed by atoms with van der Waals surface area (Å²) in [4.78, 5) is 12.8. The van der Waals surface area contributed by atoms with E-state index in [1.807, 2.05) is 0 Å². The Morgan fingerprint density at radius 3 is 0.771 bits per heavy atom. The Hall–Kier alpha value is -0.530. The Kier molecular flexibility index (Phi) is 42.2. The molecule has 0 N–H and O–H groups in total. The van der Waals surface area contributed by atoms with Gasteiger partial charge in [0.05, 0.1) is 0 Å². The smallest absolute Gasteiger partial charge is 0.306 e. The molecule has 0 heterocycles. The average Bonchev–Trinajstić information content (AvgIpc) is 3.09. The van der Waals surface area contributed by atoms with Crippen molar-refractivity contribution in [3.05, 3.63) is 0 Å². The van der Waals surface area contributed by atoms with Gasteiger partial charge in [-0.3, -0.25) is 4.79 Å². The quantitative estimate of drug-likeness (QED) is 0.0475. The molecular formula is C46H92O2. The molecule has 48 heavy (non-hydrogen) atoms. The largest absolute Gasteiger partial charge is 0.462 e. The first-order valence-electron chi connectivity index (χ1n) is 22.9. The fourth-order valence-corrected chi connectivity index (χ4v) is 7.40. The maximum absolute atomic E-state index is 12.8. The number of rotatable bonds is 42. The van der Waals surface area contributed by atoms with E-state index in [-0.39, 0.29) is 12.1 Å². The van der Waals surface area contributed by atoms with Crippen LogP contribution in [0.15, 0.2) is 0 Å². The van der Waals surface area contributed by atoms with Crippen molar-refractivity contribution in [1.82, 2.24) is 0 Å². The third kappa shape index (κ3) is 39.9. The number of carbonyl (C=O) groups excluding carboxylic acids is 1. The Morgan fingerprint density at radius 1 is 0.312 bits per heavy atom. The zero-order valence-corrected chi connectivity index (χ0v) is 33.9. The molecule has 0 radical (unpaired) electrons. The molecule has 0 spiro atoms. The van der Waals surface area contributed by atoms with E-state index in [1.54, 1.807) is 0 Å². The Morgan fingerprint density at radius 2 is 0.521 bits per heavy atom. The van der Waals surface area contributed by atoms with Gasteiger partial charge in [0.1, 0.15) is 6.10 Å². The van der Waals surface area contributed by atoms with Crippen molar-refractivity contribution in [3.63, 3.8) is 0 Å². The molecule has 0 aliphatic carbocycles. The SMILES string of the molecule is CCCCCCCCCCCCCCCCCC(=O)OC(CCCCCCCCCC)CCCCCCCCCCCCCCCCC. The van der Waals surface area contributed by atoms with Crippen LogP contribution in [-0.4, -0.2) is 12.1 Å². The molecule has 0 fully saturated rings. The monoisotopic (exact) mass is 677 g/mol. The first kappa shape index (κ1) is 47.5. The van der Waals surface area contributed by atoms with E-state index in [0.717, 1.165) is 19.3 Å². The minimum Gasteiger partial charge on any atom is -0.462 e. The summed E-state index contributed by atoms with van der Waals surface area (Å²) in [6.07, 6.45) is 55.2. The van der Waals surface area contributed by atoms with Gasteiger partial charge >= 0.3 is 5.97 Å². The Labute approximate surface area is 304 Å². The summed E-state index contributed by atoms with van der Waals surface area (Å²) in [6, 6.07) is 0. The van der Waals surface area contributed by atoms with Gasteiger partial charge in [0, 0.05) is 6.42 Å². The average molecular weight is 677 g/mol. The third-order valence-electron chi connectivity index (χ3n) is 10.8. The minimum atomic E-state index is 0.0789. The van der Waals surface area contributed by atoms with Gasteiger partial charge in [-0.2, -0.15) is 0 Å².